The normalized spacial score (nSPS) is 18.3. The molecule has 2 saturated heterocycles. The number of rotatable bonds is 10. The predicted octanol–water partition coefficient (Wildman–Crippen LogP) is 6.27. The van der Waals surface area contributed by atoms with Crippen LogP contribution in [0.2, 0.25) is 35.7 Å². The van der Waals surface area contributed by atoms with Gasteiger partial charge in [-0.1, -0.05) is 42.8 Å². The Morgan fingerprint density at radius 1 is 1.15 bits per heavy atom. The van der Waals surface area contributed by atoms with Crippen molar-refractivity contribution < 1.29 is 23.8 Å². The van der Waals surface area contributed by atoms with Gasteiger partial charge in [0.25, 0.3) is 0 Å². The van der Waals surface area contributed by atoms with Crippen molar-refractivity contribution in [3.8, 4) is 5.75 Å². The molecule has 3 heterocycles. The number of benzene rings is 1. The van der Waals surface area contributed by atoms with Crippen LogP contribution in [0.25, 0.3) is 0 Å². The van der Waals surface area contributed by atoms with Gasteiger partial charge in [0.05, 0.1) is 21.9 Å². The van der Waals surface area contributed by atoms with E-state index in [9.17, 15) is 9.59 Å². The summed E-state index contributed by atoms with van der Waals surface area (Å²) < 4.78 is 18.9. The molecule has 2 fully saturated rings. The second-order valence-electron chi connectivity index (χ2n) is 12.8. The third kappa shape index (κ3) is 7.93. The van der Waals surface area contributed by atoms with Crippen LogP contribution in [0.5, 0.6) is 5.75 Å². The third-order valence-electron chi connectivity index (χ3n) is 6.91. The highest BCUT2D eigenvalue weighted by atomic mass is 35.5. The van der Waals surface area contributed by atoms with Gasteiger partial charge in [-0.15, -0.1) is 0 Å². The molecule has 0 unspecified atom stereocenters. The number of halogens is 2. The fourth-order valence-corrected chi connectivity index (χ4v) is 6.00. The van der Waals surface area contributed by atoms with E-state index in [1.165, 1.54) is 0 Å². The van der Waals surface area contributed by atoms with Gasteiger partial charge in [-0.3, -0.25) is 9.48 Å². The molecule has 2 aliphatic rings. The third-order valence-corrected chi connectivity index (χ3v) is 9.43. The summed E-state index contributed by atoms with van der Waals surface area (Å²) in [5.41, 5.74) is 0.941. The molecule has 4 rings (SSSR count). The van der Waals surface area contributed by atoms with Gasteiger partial charge >= 0.3 is 6.09 Å². The summed E-state index contributed by atoms with van der Waals surface area (Å²) in [5, 5.41) is 5.29. The van der Waals surface area contributed by atoms with Crippen LogP contribution < -0.4 is 9.64 Å². The molecule has 0 radical (unpaired) electrons. The van der Waals surface area contributed by atoms with E-state index in [1.807, 2.05) is 31.6 Å². The first-order valence-corrected chi connectivity index (χ1v) is 18.2. The minimum Gasteiger partial charge on any atom is -0.467 e. The average molecular weight is 612 g/mol. The molecule has 0 bridgehead atoms. The van der Waals surface area contributed by atoms with E-state index in [-0.39, 0.29) is 37.0 Å². The van der Waals surface area contributed by atoms with Crippen molar-refractivity contribution in [1.82, 2.24) is 14.7 Å². The number of hydrogen-bond donors (Lipinski definition) is 0. The maximum Gasteiger partial charge on any atom is 0.410 e. The minimum atomic E-state index is -1.19. The molecule has 1 aromatic carbocycles. The Hall–Kier alpha value is -2.27. The van der Waals surface area contributed by atoms with Crippen LogP contribution >= 0.6 is 23.2 Å². The lowest BCUT2D eigenvalue weighted by molar-refractivity contribution is -0.117. The Labute approximate surface area is 247 Å². The lowest BCUT2D eigenvalue weighted by Crippen LogP contribution is -2.52. The molecular formula is C28H40Cl2N4O5Si. The van der Waals surface area contributed by atoms with Gasteiger partial charge in [0.2, 0.25) is 5.91 Å². The van der Waals surface area contributed by atoms with E-state index in [1.54, 1.807) is 28.1 Å². The highest BCUT2D eigenvalue weighted by Crippen LogP contribution is 2.43. The first-order chi connectivity index (χ1) is 18.7. The summed E-state index contributed by atoms with van der Waals surface area (Å²) in [6.45, 7) is 15.6. The Morgan fingerprint density at radius 3 is 2.55 bits per heavy atom. The van der Waals surface area contributed by atoms with Crippen molar-refractivity contribution in [2.75, 3.05) is 37.9 Å². The van der Waals surface area contributed by atoms with Gasteiger partial charge in [0.15, 0.2) is 6.79 Å². The maximum atomic E-state index is 13.1. The van der Waals surface area contributed by atoms with Crippen LogP contribution in [0.3, 0.4) is 0 Å². The van der Waals surface area contributed by atoms with Crippen LogP contribution in [0.15, 0.2) is 24.5 Å². The molecule has 12 heteroatoms. The van der Waals surface area contributed by atoms with Crippen molar-refractivity contribution in [3.63, 3.8) is 0 Å². The van der Waals surface area contributed by atoms with Gasteiger partial charge in [-0.25, -0.2) is 4.79 Å². The van der Waals surface area contributed by atoms with E-state index in [4.69, 9.17) is 37.4 Å². The van der Waals surface area contributed by atoms with Gasteiger partial charge in [0, 0.05) is 70.9 Å². The summed E-state index contributed by atoms with van der Waals surface area (Å²) in [7, 11) is -1.19. The van der Waals surface area contributed by atoms with Gasteiger partial charge < -0.3 is 24.0 Å². The molecule has 1 atom stereocenters. The van der Waals surface area contributed by atoms with Crippen LogP contribution in [0.4, 0.5) is 10.5 Å². The number of hydrogen-bond acceptors (Lipinski definition) is 6. The number of ether oxygens (including phenoxy) is 3. The number of amides is 2. The molecule has 220 valence electrons. The molecular weight excluding hydrogens is 571 g/mol. The fraction of sp³-hybridized carbons (Fsp3) is 0.607. The molecule has 0 saturated carbocycles. The molecule has 1 aromatic heterocycles. The zero-order valence-corrected chi connectivity index (χ0v) is 26.7. The molecule has 2 aliphatic heterocycles. The number of nitrogens with zero attached hydrogens (tertiary/aromatic N) is 4. The molecule has 2 aromatic rings. The van der Waals surface area contributed by atoms with Crippen molar-refractivity contribution in [2.45, 2.75) is 70.9 Å². The van der Waals surface area contributed by atoms with E-state index < -0.39 is 13.7 Å². The van der Waals surface area contributed by atoms with Gasteiger partial charge in [0.1, 0.15) is 11.4 Å². The standard InChI is InChI=1S/C28H40Cl2N4O5Si/c1-28(2,3)39-27(36)32-13-19(14-32)15-33-17-21(12-31-33)34-16-20(11-24(34)35)25-23(8-7-22(29)26(25)30)38-18-37-9-10-40(4,5)6/h7-8,12,17,19-20H,9-11,13-16,18H2,1-6H3/t20-/m1/s1. The molecule has 0 spiro atoms. The lowest BCUT2D eigenvalue weighted by Gasteiger charge is -2.39. The van der Waals surface area contributed by atoms with Crippen LogP contribution in [0, 0.1) is 5.92 Å². The number of carbonyl (C=O) groups excluding carboxylic acids is 2. The second-order valence-corrected chi connectivity index (χ2v) is 19.2. The Balaban J connectivity index is 1.35. The number of aromatic nitrogens is 2. The van der Waals surface area contributed by atoms with Crippen LogP contribution in [-0.2, 0) is 20.8 Å². The molecule has 0 N–H and O–H groups in total. The van der Waals surface area contributed by atoms with Crippen LogP contribution in [0.1, 0.15) is 38.7 Å². The van der Waals surface area contributed by atoms with Crippen LogP contribution in [-0.4, -0.2) is 73.4 Å². The first-order valence-electron chi connectivity index (χ1n) is 13.7. The van der Waals surface area contributed by atoms with E-state index in [0.29, 0.717) is 48.6 Å². The summed E-state index contributed by atoms with van der Waals surface area (Å²) in [6.07, 6.45) is 3.57. The average Bonchev–Trinajstić information content (AvgIpc) is 3.42. The second kappa shape index (κ2) is 12.3. The zero-order chi connectivity index (χ0) is 29.2. The fourth-order valence-electron chi connectivity index (χ4n) is 4.77. The van der Waals surface area contributed by atoms with Gasteiger partial charge in [-0.2, -0.15) is 5.10 Å². The molecule has 0 aliphatic carbocycles. The smallest absolute Gasteiger partial charge is 0.410 e. The predicted molar refractivity (Wildman–Crippen MR) is 159 cm³/mol. The highest BCUT2D eigenvalue weighted by Gasteiger charge is 2.37. The Morgan fingerprint density at radius 2 is 1.88 bits per heavy atom. The Bertz CT molecular complexity index is 1220. The van der Waals surface area contributed by atoms with Crippen molar-refractivity contribution in [1.29, 1.82) is 0 Å². The minimum absolute atomic E-state index is 0.0160. The van der Waals surface area contributed by atoms with E-state index in [2.05, 4.69) is 24.7 Å². The highest BCUT2D eigenvalue weighted by molar-refractivity contribution is 6.76. The summed E-state index contributed by atoms with van der Waals surface area (Å²) in [6, 6.07) is 4.54. The van der Waals surface area contributed by atoms with Crippen molar-refractivity contribution in [2.24, 2.45) is 5.92 Å². The van der Waals surface area contributed by atoms with E-state index >= 15 is 0 Å². The first kappa shape index (κ1) is 30.7. The topological polar surface area (TPSA) is 86.1 Å². The summed E-state index contributed by atoms with van der Waals surface area (Å²) >= 11 is 13.0. The summed E-state index contributed by atoms with van der Waals surface area (Å²) in [4.78, 5) is 28.7. The molecule has 40 heavy (non-hydrogen) atoms. The molecule has 2 amide bonds. The number of carbonyl (C=O) groups is 2. The van der Waals surface area contributed by atoms with Crippen molar-refractivity contribution in [3.05, 3.63) is 40.1 Å². The quantitative estimate of drug-likeness (QED) is 0.179. The SMILES string of the molecule is CC(C)(C)OC(=O)N1CC(Cn2cc(N3C[C@H](c4c(OCOCC[Si](C)(C)C)ccc(Cl)c4Cl)CC3=O)cn2)C1. The zero-order valence-electron chi connectivity index (χ0n) is 24.2. The number of likely N-dealkylation sites (tertiary alicyclic amines) is 1. The summed E-state index contributed by atoms with van der Waals surface area (Å²) in [5.74, 6) is 0.656. The maximum absolute atomic E-state index is 13.1. The Kier molecular flexibility index (Phi) is 9.44. The largest absolute Gasteiger partial charge is 0.467 e. The van der Waals surface area contributed by atoms with E-state index in [0.717, 1.165) is 17.3 Å². The van der Waals surface area contributed by atoms with Gasteiger partial charge in [-0.05, 0) is 38.9 Å². The number of anilines is 1. The lowest BCUT2D eigenvalue weighted by atomic mass is 9.97. The molecule has 9 nitrogen and oxygen atoms in total. The monoisotopic (exact) mass is 610 g/mol. The van der Waals surface area contributed by atoms with Crippen molar-refractivity contribution >= 4 is 49.0 Å².